The first kappa shape index (κ1) is 23.6. The molecule has 0 amide bonds. The zero-order valence-electron chi connectivity index (χ0n) is 16.4. The highest BCUT2D eigenvalue weighted by molar-refractivity contribution is 6.04. The normalized spacial score (nSPS) is 11.3. The van der Waals surface area contributed by atoms with Crippen molar-refractivity contribution in [2.24, 2.45) is 0 Å². The van der Waals surface area contributed by atoms with E-state index in [0.717, 1.165) is 13.8 Å². The van der Waals surface area contributed by atoms with Gasteiger partial charge in [0.05, 0.1) is 17.5 Å². The average Bonchev–Trinajstić information content (AvgIpc) is 2.59. The lowest BCUT2D eigenvalue weighted by Gasteiger charge is -2.18. The molecule has 2 N–H and O–H groups in total. The molecule has 0 fully saturated rings. The Hall–Kier alpha value is -3.43. The molecule has 1 aromatic rings. The molecule has 1 unspecified atom stereocenters. The maximum absolute atomic E-state index is 12.2. The van der Waals surface area contributed by atoms with E-state index in [9.17, 15) is 34.2 Å². The predicted molar refractivity (Wildman–Crippen MR) is 96.7 cm³/mol. The second-order valence-electron chi connectivity index (χ2n) is 6.22. The second kappa shape index (κ2) is 10.2. The molecule has 0 bridgehead atoms. The average molecular weight is 410 g/mol. The van der Waals surface area contributed by atoms with Crippen LogP contribution in [0.3, 0.4) is 0 Å². The van der Waals surface area contributed by atoms with E-state index >= 15 is 0 Å². The Morgan fingerprint density at radius 1 is 0.931 bits per heavy atom. The van der Waals surface area contributed by atoms with Crippen molar-refractivity contribution in [3.8, 4) is 0 Å². The van der Waals surface area contributed by atoms with Gasteiger partial charge in [-0.1, -0.05) is 0 Å². The summed E-state index contributed by atoms with van der Waals surface area (Å²) in [6.07, 6.45) is -1.54. The first-order valence-corrected chi connectivity index (χ1v) is 8.49. The summed E-state index contributed by atoms with van der Waals surface area (Å²) in [5, 5.41) is 18.7. The van der Waals surface area contributed by atoms with Crippen LogP contribution in [0.4, 0.5) is 0 Å². The van der Waals surface area contributed by atoms with Crippen LogP contribution in [0.1, 0.15) is 51.3 Å². The van der Waals surface area contributed by atoms with Crippen molar-refractivity contribution in [1.29, 1.82) is 0 Å². The van der Waals surface area contributed by atoms with Gasteiger partial charge in [-0.2, -0.15) is 0 Å². The van der Waals surface area contributed by atoms with Crippen molar-refractivity contribution < 1.29 is 48.4 Å². The van der Waals surface area contributed by atoms with Crippen molar-refractivity contribution in [3.05, 3.63) is 33.9 Å². The predicted octanol–water partition coefficient (Wildman–Crippen LogP) is 1.28. The number of ether oxygens (including phenoxy) is 3. The van der Waals surface area contributed by atoms with E-state index in [-0.39, 0.29) is 12.2 Å². The number of carboxylic acid groups (broad SMARTS) is 2. The van der Waals surface area contributed by atoms with Crippen LogP contribution in [-0.2, 0) is 35.0 Å². The number of carbonyl (C=O) groups is 5. The molecular formula is C19H22O10. The maximum atomic E-state index is 12.2. The molecule has 0 aliphatic rings. The maximum Gasteiger partial charge on any atom is 0.336 e. The Morgan fingerprint density at radius 2 is 1.52 bits per heavy atom. The molecule has 1 aromatic carbocycles. The Balaban J connectivity index is 3.03. The van der Waals surface area contributed by atoms with Gasteiger partial charge in [0.2, 0.25) is 0 Å². The molecule has 0 spiro atoms. The third-order valence-electron chi connectivity index (χ3n) is 3.98. The Kier molecular flexibility index (Phi) is 8.31. The van der Waals surface area contributed by atoms with Gasteiger partial charge in [0.15, 0.2) is 6.10 Å². The zero-order chi connectivity index (χ0) is 22.3. The van der Waals surface area contributed by atoms with Gasteiger partial charge in [0, 0.05) is 13.8 Å². The SMILES string of the molecule is CC(=O)OCC(COC(=O)Cc1c(C)c(C)cc(C(=O)O)c1C(=O)O)OC(C)=O. The molecule has 0 radical (unpaired) electrons. The van der Waals surface area contributed by atoms with Gasteiger partial charge in [0.25, 0.3) is 0 Å². The van der Waals surface area contributed by atoms with E-state index in [1.807, 2.05) is 0 Å². The molecule has 10 heteroatoms. The third kappa shape index (κ3) is 6.91. The largest absolute Gasteiger partial charge is 0.478 e. The molecule has 29 heavy (non-hydrogen) atoms. The van der Waals surface area contributed by atoms with Gasteiger partial charge in [-0.15, -0.1) is 0 Å². The summed E-state index contributed by atoms with van der Waals surface area (Å²) in [6, 6.07) is 1.23. The Labute approximate surface area is 166 Å². The van der Waals surface area contributed by atoms with Crippen LogP contribution in [0.5, 0.6) is 0 Å². The highest BCUT2D eigenvalue weighted by Crippen LogP contribution is 2.24. The number of rotatable bonds is 9. The van der Waals surface area contributed by atoms with Crippen LogP contribution in [-0.4, -0.2) is 59.4 Å². The molecule has 10 nitrogen and oxygen atoms in total. The van der Waals surface area contributed by atoms with E-state index in [1.54, 1.807) is 13.8 Å². The lowest BCUT2D eigenvalue weighted by molar-refractivity contribution is -0.164. The van der Waals surface area contributed by atoms with Crippen molar-refractivity contribution in [2.45, 2.75) is 40.2 Å². The summed E-state index contributed by atoms with van der Waals surface area (Å²) in [7, 11) is 0. The minimum absolute atomic E-state index is 0.0175. The lowest BCUT2D eigenvalue weighted by Crippen LogP contribution is -2.30. The van der Waals surface area contributed by atoms with Crippen LogP contribution in [0, 0.1) is 13.8 Å². The smallest absolute Gasteiger partial charge is 0.336 e. The Morgan fingerprint density at radius 3 is 2.00 bits per heavy atom. The molecule has 158 valence electrons. The second-order valence-corrected chi connectivity index (χ2v) is 6.22. The minimum atomic E-state index is -1.49. The van der Waals surface area contributed by atoms with E-state index in [0.29, 0.717) is 11.1 Å². The van der Waals surface area contributed by atoms with E-state index in [4.69, 9.17) is 14.2 Å². The summed E-state index contributed by atoms with van der Waals surface area (Å²) < 4.78 is 14.6. The minimum Gasteiger partial charge on any atom is -0.478 e. The van der Waals surface area contributed by atoms with E-state index in [1.165, 1.54) is 6.07 Å². The van der Waals surface area contributed by atoms with Gasteiger partial charge in [-0.3, -0.25) is 14.4 Å². The van der Waals surface area contributed by atoms with Crippen molar-refractivity contribution in [2.75, 3.05) is 13.2 Å². The lowest BCUT2D eigenvalue weighted by atomic mass is 9.91. The fourth-order valence-corrected chi connectivity index (χ4v) is 2.56. The fraction of sp³-hybridized carbons (Fsp3) is 0.421. The number of carboxylic acids is 2. The van der Waals surface area contributed by atoms with Crippen LogP contribution in [0.2, 0.25) is 0 Å². The van der Waals surface area contributed by atoms with E-state index in [2.05, 4.69) is 0 Å². The highest BCUT2D eigenvalue weighted by Gasteiger charge is 2.26. The Bertz CT molecular complexity index is 840. The first-order chi connectivity index (χ1) is 13.4. The van der Waals surface area contributed by atoms with Gasteiger partial charge in [0.1, 0.15) is 13.2 Å². The fourth-order valence-electron chi connectivity index (χ4n) is 2.56. The number of carbonyl (C=O) groups excluding carboxylic acids is 3. The van der Waals surface area contributed by atoms with Crippen LogP contribution in [0.15, 0.2) is 6.07 Å². The molecule has 0 aliphatic carbocycles. The van der Waals surface area contributed by atoms with Crippen LogP contribution >= 0.6 is 0 Å². The zero-order valence-corrected chi connectivity index (χ0v) is 16.4. The standard InChI is InChI=1S/C19H22O10/c1-9-5-15(18(23)24)17(19(25)26)14(10(9)2)6-16(22)28-8-13(29-12(4)21)7-27-11(3)20/h5,13H,6-8H2,1-4H3,(H,23,24)(H,25,26). The summed E-state index contributed by atoms with van der Waals surface area (Å²) in [6.45, 7) is 4.70. The molecule has 0 aliphatic heterocycles. The summed E-state index contributed by atoms with van der Waals surface area (Å²) in [5.41, 5.74) is 0.0395. The molecule has 0 aromatic heterocycles. The summed E-state index contributed by atoms with van der Waals surface area (Å²) in [4.78, 5) is 57.3. The summed E-state index contributed by atoms with van der Waals surface area (Å²) >= 11 is 0. The number of aryl methyl sites for hydroxylation is 1. The molecule has 0 heterocycles. The monoisotopic (exact) mass is 410 g/mol. The highest BCUT2D eigenvalue weighted by atomic mass is 16.6. The number of hydrogen-bond donors (Lipinski definition) is 2. The topological polar surface area (TPSA) is 154 Å². The van der Waals surface area contributed by atoms with Crippen LogP contribution in [0.25, 0.3) is 0 Å². The third-order valence-corrected chi connectivity index (χ3v) is 3.98. The van der Waals surface area contributed by atoms with Gasteiger partial charge in [-0.05, 0) is 36.6 Å². The van der Waals surface area contributed by atoms with Crippen molar-refractivity contribution in [1.82, 2.24) is 0 Å². The van der Waals surface area contributed by atoms with Crippen molar-refractivity contribution in [3.63, 3.8) is 0 Å². The first-order valence-electron chi connectivity index (χ1n) is 8.49. The number of esters is 3. The van der Waals surface area contributed by atoms with Gasteiger partial charge in [-0.25, -0.2) is 9.59 Å². The van der Waals surface area contributed by atoms with E-state index < -0.39 is 60.1 Å². The molecule has 1 rings (SSSR count). The molecule has 0 saturated heterocycles. The quantitative estimate of drug-likeness (QED) is 0.449. The summed E-state index contributed by atoms with van der Waals surface area (Å²) in [5.74, 6) is -5.07. The van der Waals surface area contributed by atoms with Crippen LogP contribution < -0.4 is 0 Å². The number of aromatic carboxylic acids is 2. The molecule has 1 atom stereocenters. The van der Waals surface area contributed by atoms with Gasteiger partial charge < -0.3 is 24.4 Å². The number of benzene rings is 1. The molecule has 0 saturated carbocycles. The molecular weight excluding hydrogens is 388 g/mol. The van der Waals surface area contributed by atoms with Gasteiger partial charge >= 0.3 is 29.8 Å². The number of hydrogen-bond acceptors (Lipinski definition) is 8. The van der Waals surface area contributed by atoms with Crippen molar-refractivity contribution >= 4 is 29.8 Å².